The lowest BCUT2D eigenvalue weighted by atomic mass is 10.1. The Morgan fingerprint density at radius 1 is 1.00 bits per heavy atom. The van der Waals surface area contributed by atoms with Crippen LogP contribution < -0.4 is 9.47 Å². The smallest absolute Gasteiger partial charge is 0.119 e. The van der Waals surface area contributed by atoms with Crippen molar-refractivity contribution in [3.8, 4) is 11.5 Å². The lowest BCUT2D eigenvalue weighted by Gasteiger charge is -2.09. The average molecular weight is 400 g/mol. The van der Waals surface area contributed by atoms with Gasteiger partial charge >= 0.3 is 0 Å². The highest BCUT2D eigenvalue weighted by Crippen LogP contribution is 2.24. The Labute approximate surface area is 136 Å². The second-order valence-corrected chi connectivity index (χ2v) is 5.75. The van der Waals surface area contributed by atoms with Gasteiger partial charge in [0, 0.05) is 16.2 Å². The molecule has 0 saturated heterocycles. The van der Waals surface area contributed by atoms with Crippen molar-refractivity contribution in [1.82, 2.24) is 0 Å². The predicted octanol–water partition coefficient (Wildman–Crippen LogP) is 4.97. The quantitative estimate of drug-likeness (QED) is 0.638. The molecule has 0 fully saturated rings. The predicted molar refractivity (Wildman–Crippen MR) is 89.0 cm³/mol. The van der Waals surface area contributed by atoms with E-state index in [1.807, 2.05) is 30.3 Å². The first-order valence-corrected chi connectivity index (χ1v) is 8.24. The van der Waals surface area contributed by atoms with Gasteiger partial charge in [0.25, 0.3) is 0 Å². The fraction of sp³-hybridized carbons (Fsp3) is 0.250. The Morgan fingerprint density at radius 2 is 1.70 bits per heavy atom. The number of hydrogen-bond donors (Lipinski definition) is 0. The van der Waals surface area contributed by atoms with Gasteiger partial charge in [-0.3, -0.25) is 0 Å². The molecular formula is C16H16Br2O2. The Bertz CT molecular complexity index is 553. The molecule has 2 aromatic carbocycles. The van der Waals surface area contributed by atoms with Gasteiger partial charge in [-0.25, -0.2) is 0 Å². The van der Waals surface area contributed by atoms with Crippen molar-refractivity contribution >= 4 is 31.9 Å². The van der Waals surface area contributed by atoms with E-state index in [0.29, 0.717) is 6.61 Å². The molecule has 0 unspecified atom stereocenters. The molecular weight excluding hydrogens is 384 g/mol. The molecule has 0 bridgehead atoms. The van der Waals surface area contributed by atoms with Crippen molar-refractivity contribution in [3.05, 3.63) is 58.1 Å². The molecule has 20 heavy (non-hydrogen) atoms. The van der Waals surface area contributed by atoms with Crippen LogP contribution in [-0.2, 0) is 11.8 Å². The standard InChI is InChI=1S/C16H16Br2O2/c1-19-14-4-2-12(3-5-14)8-9-20-15-6-7-16(18)13(10-15)11-17/h2-7,10H,8-9,11H2,1H3. The normalized spacial score (nSPS) is 10.3. The summed E-state index contributed by atoms with van der Waals surface area (Å²) in [5, 5.41) is 0.809. The summed E-state index contributed by atoms with van der Waals surface area (Å²) in [5.74, 6) is 1.78. The van der Waals surface area contributed by atoms with Crippen molar-refractivity contribution in [2.24, 2.45) is 0 Å². The molecule has 106 valence electrons. The minimum Gasteiger partial charge on any atom is -0.497 e. The molecule has 0 heterocycles. The van der Waals surface area contributed by atoms with E-state index >= 15 is 0 Å². The summed E-state index contributed by atoms with van der Waals surface area (Å²) in [6, 6.07) is 14.1. The van der Waals surface area contributed by atoms with Gasteiger partial charge in [-0.05, 0) is 41.5 Å². The summed E-state index contributed by atoms with van der Waals surface area (Å²) in [4.78, 5) is 0. The highest BCUT2D eigenvalue weighted by atomic mass is 79.9. The van der Waals surface area contributed by atoms with Crippen LogP contribution in [0.1, 0.15) is 11.1 Å². The van der Waals surface area contributed by atoms with Crippen LogP contribution in [0.5, 0.6) is 11.5 Å². The third kappa shape index (κ3) is 4.25. The molecule has 0 N–H and O–H groups in total. The second kappa shape index (κ2) is 7.70. The van der Waals surface area contributed by atoms with E-state index in [1.54, 1.807) is 7.11 Å². The highest BCUT2D eigenvalue weighted by molar-refractivity contribution is 9.10. The van der Waals surface area contributed by atoms with Crippen LogP contribution in [0, 0.1) is 0 Å². The van der Waals surface area contributed by atoms with Gasteiger partial charge < -0.3 is 9.47 Å². The van der Waals surface area contributed by atoms with Crippen LogP contribution in [0.15, 0.2) is 46.9 Å². The molecule has 0 aromatic heterocycles. The zero-order valence-electron chi connectivity index (χ0n) is 11.2. The lowest BCUT2D eigenvalue weighted by molar-refractivity contribution is 0.321. The van der Waals surface area contributed by atoms with Gasteiger partial charge in [0.15, 0.2) is 0 Å². The number of rotatable bonds is 6. The summed E-state index contributed by atoms with van der Waals surface area (Å²) in [6.45, 7) is 0.662. The van der Waals surface area contributed by atoms with Crippen LogP contribution in [0.2, 0.25) is 0 Å². The fourth-order valence-electron chi connectivity index (χ4n) is 1.82. The maximum absolute atomic E-state index is 5.79. The van der Waals surface area contributed by atoms with Gasteiger partial charge in [-0.2, -0.15) is 0 Å². The highest BCUT2D eigenvalue weighted by Gasteiger charge is 2.02. The summed E-state index contributed by atoms with van der Waals surface area (Å²) >= 11 is 6.98. The van der Waals surface area contributed by atoms with Crippen LogP contribution in [0.4, 0.5) is 0 Å². The molecule has 0 atom stereocenters. The third-order valence-corrected chi connectivity index (χ3v) is 4.36. The van der Waals surface area contributed by atoms with Crippen LogP contribution in [0.25, 0.3) is 0 Å². The van der Waals surface area contributed by atoms with Crippen molar-refractivity contribution in [2.45, 2.75) is 11.8 Å². The van der Waals surface area contributed by atoms with Crippen LogP contribution >= 0.6 is 31.9 Å². The number of benzene rings is 2. The summed E-state index contributed by atoms with van der Waals surface area (Å²) in [5.41, 5.74) is 2.43. The zero-order valence-corrected chi connectivity index (χ0v) is 14.4. The van der Waals surface area contributed by atoms with E-state index in [-0.39, 0.29) is 0 Å². The van der Waals surface area contributed by atoms with E-state index in [0.717, 1.165) is 27.7 Å². The largest absolute Gasteiger partial charge is 0.497 e. The Hall–Kier alpha value is -1.000. The number of halogens is 2. The SMILES string of the molecule is COc1ccc(CCOc2ccc(Br)c(CBr)c2)cc1. The van der Waals surface area contributed by atoms with Gasteiger partial charge in [-0.15, -0.1) is 0 Å². The minimum absolute atomic E-state index is 0.662. The number of hydrogen-bond acceptors (Lipinski definition) is 2. The van der Waals surface area contributed by atoms with Gasteiger partial charge in [0.05, 0.1) is 13.7 Å². The lowest BCUT2D eigenvalue weighted by Crippen LogP contribution is -2.01. The van der Waals surface area contributed by atoms with Crippen molar-refractivity contribution in [3.63, 3.8) is 0 Å². The molecule has 2 rings (SSSR count). The first kappa shape index (κ1) is 15.4. The van der Waals surface area contributed by atoms with E-state index in [1.165, 1.54) is 11.1 Å². The molecule has 0 saturated carbocycles. The Morgan fingerprint density at radius 3 is 2.35 bits per heavy atom. The van der Waals surface area contributed by atoms with E-state index < -0.39 is 0 Å². The second-order valence-electron chi connectivity index (χ2n) is 4.33. The summed E-state index contributed by atoms with van der Waals surface area (Å²) < 4.78 is 12.0. The Balaban J connectivity index is 1.88. The van der Waals surface area contributed by atoms with Gasteiger partial charge in [0.1, 0.15) is 11.5 Å². The van der Waals surface area contributed by atoms with Crippen molar-refractivity contribution in [2.75, 3.05) is 13.7 Å². The zero-order chi connectivity index (χ0) is 14.4. The summed E-state index contributed by atoms with van der Waals surface area (Å²) in [6.07, 6.45) is 0.879. The molecule has 0 aliphatic carbocycles. The number of methoxy groups -OCH3 is 1. The van der Waals surface area contributed by atoms with Crippen molar-refractivity contribution < 1.29 is 9.47 Å². The van der Waals surface area contributed by atoms with Crippen molar-refractivity contribution in [1.29, 1.82) is 0 Å². The topological polar surface area (TPSA) is 18.5 Å². The number of ether oxygens (including phenoxy) is 2. The first-order chi connectivity index (χ1) is 9.72. The van der Waals surface area contributed by atoms with Gasteiger partial charge in [0.2, 0.25) is 0 Å². The molecule has 0 aliphatic rings. The molecule has 0 spiro atoms. The Kier molecular flexibility index (Phi) is 5.92. The summed E-state index contributed by atoms with van der Waals surface area (Å²) in [7, 11) is 1.67. The third-order valence-electron chi connectivity index (χ3n) is 2.98. The molecule has 0 aliphatic heterocycles. The minimum atomic E-state index is 0.662. The maximum atomic E-state index is 5.79. The monoisotopic (exact) mass is 398 g/mol. The first-order valence-electron chi connectivity index (χ1n) is 6.33. The van der Waals surface area contributed by atoms with Gasteiger partial charge in [-0.1, -0.05) is 44.0 Å². The molecule has 2 nitrogen and oxygen atoms in total. The average Bonchev–Trinajstić information content (AvgIpc) is 2.49. The fourth-order valence-corrected chi connectivity index (χ4v) is 3.05. The molecule has 4 heteroatoms. The van der Waals surface area contributed by atoms with Crippen LogP contribution in [0.3, 0.4) is 0 Å². The molecule has 0 radical (unpaired) electrons. The van der Waals surface area contributed by atoms with Crippen LogP contribution in [-0.4, -0.2) is 13.7 Å². The number of alkyl halides is 1. The van der Waals surface area contributed by atoms with E-state index in [4.69, 9.17) is 9.47 Å². The van der Waals surface area contributed by atoms with E-state index in [2.05, 4.69) is 44.0 Å². The maximum Gasteiger partial charge on any atom is 0.119 e. The molecule has 0 amide bonds. The molecule has 2 aromatic rings. The van der Waals surface area contributed by atoms with E-state index in [9.17, 15) is 0 Å².